The van der Waals surface area contributed by atoms with Crippen molar-refractivity contribution in [2.75, 3.05) is 0 Å². The fraction of sp³-hybridized carbons (Fsp3) is 0.571. The van der Waals surface area contributed by atoms with Crippen LogP contribution in [0, 0.1) is 5.92 Å². The van der Waals surface area contributed by atoms with Gasteiger partial charge in [0.1, 0.15) is 5.75 Å². The summed E-state index contributed by atoms with van der Waals surface area (Å²) in [5, 5.41) is 0. The molecule has 102 valence electrons. The lowest BCUT2D eigenvalue weighted by Crippen LogP contribution is -2.29. The number of hydrogen-bond acceptors (Lipinski definition) is 2. The third-order valence-electron chi connectivity index (χ3n) is 3.35. The van der Waals surface area contributed by atoms with Crippen molar-refractivity contribution >= 4 is 20.7 Å². The van der Waals surface area contributed by atoms with E-state index in [0.29, 0.717) is 5.92 Å². The van der Waals surface area contributed by atoms with Crippen molar-refractivity contribution in [1.29, 1.82) is 0 Å². The summed E-state index contributed by atoms with van der Waals surface area (Å²) in [7, 11) is -1.49. The third-order valence-corrected chi connectivity index (χ3v) is 4.19. The summed E-state index contributed by atoms with van der Waals surface area (Å²) in [6.07, 6.45) is 3.91. The van der Waals surface area contributed by atoms with Gasteiger partial charge in [-0.1, -0.05) is 18.6 Å². The maximum Gasteiger partial charge on any atom is 0.242 e. The Hall–Kier alpha value is -0.513. The minimum atomic E-state index is -1.49. The highest BCUT2D eigenvalue weighted by Gasteiger charge is 2.25. The van der Waals surface area contributed by atoms with Gasteiger partial charge in [0, 0.05) is 6.04 Å². The van der Waals surface area contributed by atoms with E-state index in [2.05, 4.69) is 43.9 Å². The first kappa shape index (κ1) is 15.5. The van der Waals surface area contributed by atoms with Gasteiger partial charge in [0.2, 0.25) is 8.32 Å². The van der Waals surface area contributed by atoms with Crippen LogP contribution in [-0.4, -0.2) is 8.32 Å². The smallest absolute Gasteiger partial charge is 0.242 e. The molecule has 1 saturated carbocycles. The summed E-state index contributed by atoms with van der Waals surface area (Å²) in [5.41, 5.74) is 7.49. The van der Waals surface area contributed by atoms with Gasteiger partial charge in [-0.3, -0.25) is 0 Å². The van der Waals surface area contributed by atoms with E-state index in [9.17, 15) is 0 Å². The van der Waals surface area contributed by atoms with Crippen molar-refractivity contribution in [2.24, 2.45) is 11.7 Å². The second-order valence-corrected chi connectivity index (χ2v) is 10.4. The summed E-state index contributed by atoms with van der Waals surface area (Å²) < 4.78 is 5.94. The molecule has 2 rings (SSSR count). The highest BCUT2D eigenvalue weighted by Crippen LogP contribution is 2.36. The molecule has 1 aromatic carbocycles. The molecule has 0 bridgehead atoms. The van der Waals surface area contributed by atoms with Gasteiger partial charge in [0.25, 0.3) is 0 Å². The van der Waals surface area contributed by atoms with Gasteiger partial charge in [-0.25, -0.2) is 0 Å². The molecule has 1 atom stereocenters. The molecule has 0 radical (unpaired) electrons. The van der Waals surface area contributed by atoms with Crippen molar-refractivity contribution in [2.45, 2.75) is 44.9 Å². The summed E-state index contributed by atoms with van der Waals surface area (Å²) in [5.74, 6) is 1.67. The first-order valence-corrected chi connectivity index (χ1v) is 9.91. The van der Waals surface area contributed by atoms with Gasteiger partial charge in [0.15, 0.2) is 0 Å². The van der Waals surface area contributed by atoms with Crippen molar-refractivity contribution < 1.29 is 4.43 Å². The molecule has 0 aromatic heterocycles. The van der Waals surface area contributed by atoms with Crippen LogP contribution in [0.4, 0.5) is 0 Å². The van der Waals surface area contributed by atoms with E-state index in [0.717, 1.165) is 5.75 Å². The van der Waals surface area contributed by atoms with Gasteiger partial charge in [0.05, 0.1) is 0 Å². The fourth-order valence-electron chi connectivity index (χ4n) is 2.18. The summed E-state index contributed by atoms with van der Waals surface area (Å²) >= 11 is 0. The molecule has 2 N–H and O–H groups in total. The SMILES string of the molecule is C[Si](C)(C)Oc1ccc([C@H](N)C2CCC2)cc1.Cl. The topological polar surface area (TPSA) is 35.2 Å². The van der Waals surface area contributed by atoms with Gasteiger partial charge in [-0.15, -0.1) is 12.4 Å². The molecule has 1 aliphatic rings. The van der Waals surface area contributed by atoms with Gasteiger partial charge >= 0.3 is 0 Å². The lowest BCUT2D eigenvalue weighted by Gasteiger charge is -2.31. The van der Waals surface area contributed by atoms with Crippen molar-refractivity contribution in [1.82, 2.24) is 0 Å². The molecule has 0 spiro atoms. The quantitative estimate of drug-likeness (QED) is 0.845. The van der Waals surface area contributed by atoms with Crippen molar-refractivity contribution in [3.05, 3.63) is 29.8 Å². The summed E-state index contributed by atoms with van der Waals surface area (Å²) in [6, 6.07) is 8.58. The fourth-order valence-corrected chi connectivity index (χ4v) is 3.03. The second-order valence-electron chi connectivity index (χ2n) is 6.00. The maximum atomic E-state index is 6.25. The lowest BCUT2D eigenvalue weighted by atomic mass is 9.78. The number of benzene rings is 1. The highest BCUT2D eigenvalue weighted by molar-refractivity contribution is 6.70. The zero-order valence-electron chi connectivity index (χ0n) is 11.5. The van der Waals surface area contributed by atoms with E-state index in [-0.39, 0.29) is 18.4 Å². The number of nitrogens with two attached hydrogens (primary N) is 1. The molecule has 0 amide bonds. The molecule has 0 unspecified atom stereocenters. The average molecular weight is 286 g/mol. The van der Waals surface area contributed by atoms with Gasteiger partial charge in [-0.2, -0.15) is 0 Å². The second kappa shape index (κ2) is 6.09. The van der Waals surface area contributed by atoms with Crippen LogP contribution in [0.3, 0.4) is 0 Å². The predicted molar refractivity (Wildman–Crippen MR) is 81.9 cm³/mol. The zero-order chi connectivity index (χ0) is 12.5. The van der Waals surface area contributed by atoms with Crippen LogP contribution in [0.15, 0.2) is 24.3 Å². The van der Waals surface area contributed by atoms with Crippen LogP contribution in [0.2, 0.25) is 19.6 Å². The minimum absolute atomic E-state index is 0. The number of hydrogen-bond donors (Lipinski definition) is 1. The molecule has 0 aliphatic heterocycles. The zero-order valence-corrected chi connectivity index (χ0v) is 13.3. The molecule has 18 heavy (non-hydrogen) atoms. The van der Waals surface area contributed by atoms with Crippen molar-refractivity contribution in [3.8, 4) is 5.75 Å². The Kier molecular flexibility index (Phi) is 5.26. The van der Waals surface area contributed by atoms with E-state index in [1.54, 1.807) is 0 Å². The van der Waals surface area contributed by atoms with E-state index < -0.39 is 8.32 Å². The first-order valence-electron chi connectivity index (χ1n) is 6.50. The number of rotatable bonds is 4. The first-order chi connectivity index (χ1) is 7.96. The van der Waals surface area contributed by atoms with Crippen LogP contribution in [-0.2, 0) is 0 Å². The highest BCUT2D eigenvalue weighted by atomic mass is 35.5. The van der Waals surface area contributed by atoms with E-state index >= 15 is 0 Å². The normalized spacial score (nSPS) is 17.6. The van der Waals surface area contributed by atoms with Gasteiger partial charge in [-0.05, 0) is 56.1 Å². The Bertz CT molecular complexity index is 370. The van der Waals surface area contributed by atoms with Crippen LogP contribution < -0.4 is 10.2 Å². The Morgan fingerprint density at radius 3 is 2.11 bits per heavy atom. The standard InChI is InChI=1S/C14H23NOSi.ClH/c1-17(2,3)16-13-9-7-12(8-10-13)14(15)11-5-4-6-11;/h7-11,14H,4-6,15H2,1-3H3;1H/t14-;/m1./s1. The molecule has 1 aliphatic carbocycles. The summed E-state index contributed by atoms with van der Waals surface area (Å²) in [4.78, 5) is 0. The molecule has 1 fully saturated rings. The average Bonchev–Trinajstić information content (AvgIpc) is 2.13. The van der Waals surface area contributed by atoms with Crippen LogP contribution >= 0.6 is 12.4 Å². The monoisotopic (exact) mass is 285 g/mol. The van der Waals surface area contributed by atoms with Crippen molar-refractivity contribution in [3.63, 3.8) is 0 Å². The lowest BCUT2D eigenvalue weighted by molar-refractivity contribution is 0.264. The number of halogens is 1. The van der Waals surface area contributed by atoms with Gasteiger partial charge < -0.3 is 10.2 Å². The molecule has 1 aromatic rings. The largest absolute Gasteiger partial charge is 0.544 e. The maximum absolute atomic E-state index is 6.25. The van der Waals surface area contributed by atoms with Crippen LogP contribution in [0.5, 0.6) is 5.75 Å². The Labute approximate surface area is 117 Å². The van der Waals surface area contributed by atoms with Crippen LogP contribution in [0.1, 0.15) is 30.9 Å². The molecular formula is C14H24ClNOSi. The third kappa shape index (κ3) is 4.01. The molecule has 0 saturated heterocycles. The van der Waals surface area contributed by atoms with Crippen LogP contribution in [0.25, 0.3) is 0 Å². The molecule has 4 heteroatoms. The summed E-state index contributed by atoms with van der Waals surface area (Å²) in [6.45, 7) is 6.59. The molecule has 2 nitrogen and oxygen atoms in total. The van der Waals surface area contributed by atoms with E-state index in [1.165, 1.54) is 24.8 Å². The Morgan fingerprint density at radius 1 is 1.17 bits per heavy atom. The minimum Gasteiger partial charge on any atom is -0.544 e. The Balaban J connectivity index is 0.00000162. The van der Waals surface area contributed by atoms with E-state index in [1.807, 2.05) is 0 Å². The van der Waals surface area contributed by atoms with E-state index in [4.69, 9.17) is 10.2 Å². The molecule has 0 heterocycles. The molecular weight excluding hydrogens is 262 g/mol. The predicted octanol–water partition coefficient (Wildman–Crippen LogP) is 4.12. The Morgan fingerprint density at radius 2 is 1.72 bits per heavy atom.